The second kappa shape index (κ2) is 5.02. The Morgan fingerprint density at radius 1 is 1.33 bits per heavy atom. The summed E-state index contributed by atoms with van der Waals surface area (Å²) in [5, 5.41) is 0. The molecule has 1 heterocycles. The fourth-order valence-corrected chi connectivity index (χ4v) is 4.03. The van der Waals surface area contributed by atoms with E-state index in [9.17, 15) is 13.2 Å². The van der Waals surface area contributed by atoms with Crippen molar-refractivity contribution >= 4 is 16.3 Å². The van der Waals surface area contributed by atoms with Gasteiger partial charge in [0.05, 0.1) is 7.11 Å². The van der Waals surface area contributed by atoms with Crippen LogP contribution in [0, 0.1) is 11.8 Å². The fourth-order valence-electron chi connectivity index (χ4n) is 2.83. The topological polar surface area (TPSA) is 102 Å². The molecular formula is C10H19N3O4S. The van der Waals surface area contributed by atoms with E-state index in [4.69, 9.17) is 5.73 Å². The van der Waals surface area contributed by atoms with Gasteiger partial charge in [0.25, 0.3) is 0 Å². The van der Waals surface area contributed by atoms with Crippen molar-refractivity contribution in [3.05, 3.63) is 0 Å². The summed E-state index contributed by atoms with van der Waals surface area (Å²) in [4.78, 5) is 11.0. The van der Waals surface area contributed by atoms with Gasteiger partial charge < -0.3 is 10.5 Å². The number of nitrogens with one attached hydrogen (secondary N) is 1. The predicted octanol–water partition coefficient (Wildman–Crippen LogP) is -0.354. The highest BCUT2D eigenvalue weighted by Gasteiger charge is 2.41. The number of ether oxygens (including phenoxy) is 1. The molecule has 2 fully saturated rings. The third-order valence-electron chi connectivity index (χ3n) is 3.79. The van der Waals surface area contributed by atoms with Crippen LogP contribution in [-0.2, 0) is 14.9 Å². The van der Waals surface area contributed by atoms with Crippen molar-refractivity contribution < 1.29 is 17.9 Å². The van der Waals surface area contributed by atoms with E-state index in [1.807, 2.05) is 4.72 Å². The maximum atomic E-state index is 11.9. The molecule has 1 aliphatic heterocycles. The Balaban J connectivity index is 2.01. The van der Waals surface area contributed by atoms with Crippen LogP contribution < -0.4 is 10.5 Å². The van der Waals surface area contributed by atoms with E-state index in [1.54, 1.807) is 0 Å². The van der Waals surface area contributed by atoms with Crippen LogP contribution in [0.2, 0.25) is 0 Å². The normalized spacial score (nSPS) is 32.9. The summed E-state index contributed by atoms with van der Waals surface area (Å²) in [6.07, 6.45) is 1.80. The molecule has 18 heavy (non-hydrogen) atoms. The molecule has 104 valence electrons. The van der Waals surface area contributed by atoms with E-state index in [0.717, 1.165) is 26.4 Å². The highest BCUT2D eigenvalue weighted by atomic mass is 32.2. The first-order valence-electron chi connectivity index (χ1n) is 6.04. The van der Waals surface area contributed by atoms with E-state index in [0.29, 0.717) is 24.9 Å². The first-order valence-corrected chi connectivity index (χ1v) is 7.48. The zero-order chi connectivity index (χ0) is 13.3. The van der Waals surface area contributed by atoms with Gasteiger partial charge in [0.1, 0.15) is 0 Å². The average Bonchev–Trinajstić information content (AvgIpc) is 2.71. The van der Waals surface area contributed by atoms with Crippen LogP contribution in [0.5, 0.6) is 0 Å². The van der Waals surface area contributed by atoms with Crippen molar-refractivity contribution in [2.45, 2.75) is 25.3 Å². The molecule has 0 aromatic heterocycles. The Kier molecular flexibility index (Phi) is 3.79. The summed E-state index contributed by atoms with van der Waals surface area (Å²) in [5.74, 6) is 0.669. The number of amides is 1. The molecule has 1 aliphatic carbocycles. The molecule has 1 unspecified atom stereocenters. The third-order valence-corrected chi connectivity index (χ3v) is 5.20. The monoisotopic (exact) mass is 277 g/mol. The Morgan fingerprint density at radius 2 is 2.00 bits per heavy atom. The molecule has 8 heteroatoms. The summed E-state index contributed by atoms with van der Waals surface area (Å²) in [5.41, 5.74) is 5.89. The van der Waals surface area contributed by atoms with Crippen LogP contribution in [0.25, 0.3) is 0 Å². The predicted molar refractivity (Wildman–Crippen MR) is 64.8 cm³/mol. The van der Waals surface area contributed by atoms with E-state index in [-0.39, 0.29) is 6.04 Å². The molecular weight excluding hydrogens is 258 g/mol. The first-order chi connectivity index (χ1) is 8.42. The van der Waals surface area contributed by atoms with Crippen molar-refractivity contribution in [2.75, 3.05) is 20.2 Å². The number of carbonyl (C=O) groups excluding carboxylic acids is 1. The maximum Gasteiger partial charge on any atom is 0.421 e. The van der Waals surface area contributed by atoms with Gasteiger partial charge in [-0.15, -0.1) is 0 Å². The molecule has 0 aromatic carbocycles. The number of hydrogen-bond acceptors (Lipinski definition) is 5. The van der Waals surface area contributed by atoms with Gasteiger partial charge in [0.15, 0.2) is 0 Å². The molecule has 2 rings (SSSR count). The van der Waals surface area contributed by atoms with Crippen LogP contribution in [0.1, 0.15) is 19.3 Å². The summed E-state index contributed by atoms with van der Waals surface area (Å²) in [6.45, 7) is 0.897. The Morgan fingerprint density at radius 3 is 2.67 bits per heavy atom. The number of nitrogens with zero attached hydrogens (tertiary/aromatic N) is 1. The van der Waals surface area contributed by atoms with Crippen molar-refractivity contribution in [1.29, 1.82) is 0 Å². The molecule has 0 spiro atoms. The summed E-state index contributed by atoms with van der Waals surface area (Å²) < 4.78 is 31.3. The van der Waals surface area contributed by atoms with Gasteiger partial charge in [-0.2, -0.15) is 12.7 Å². The minimum absolute atomic E-state index is 0.169. The number of carbonyl (C=O) groups is 1. The molecule has 1 amide bonds. The number of nitrogens with two attached hydrogens (primary N) is 1. The molecule has 1 saturated heterocycles. The number of rotatable bonds is 2. The molecule has 1 saturated carbocycles. The second-order valence-electron chi connectivity index (χ2n) is 5.01. The molecule has 2 aliphatic rings. The zero-order valence-electron chi connectivity index (χ0n) is 10.3. The van der Waals surface area contributed by atoms with E-state index >= 15 is 0 Å². The minimum Gasteiger partial charge on any atom is -0.452 e. The summed E-state index contributed by atoms with van der Waals surface area (Å²) in [6, 6.07) is 0.169. The number of fused-ring (bicyclic) bond motifs is 1. The maximum absolute atomic E-state index is 11.9. The molecule has 3 N–H and O–H groups in total. The molecule has 0 radical (unpaired) electrons. The third kappa shape index (κ3) is 2.76. The van der Waals surface area contributed by atoms with Crippen LogP contribution >= 0.6 is 0 Å². The average molecular weight is 277 g/mol. The lowest BCUT2D eigenvalue weighted by Crippen LogP contribution is -2.42. The SMILES string of the molecule is COC(=O)NS(=O)(=O)N1C[C@H]2CCC(N)C[C@H]2C1. The van der Waals surface area contributed by atoms with Crippen LogP contribution in [0.3, 0.4) is 0 Å². The van der Waals surface area contributed by atoms with Crippen molar-refractivity contribution in [2.24, 2.45) is 17.6 Å². The number of hydrogen-bond donors (Lipinski definition) is 2. The van der Waals surface area contributed by atoms with Crippen LogP contribution in [-0.4, -0.2) is 45.1 Å². The lowest BCUT2D eigenvalue weighted by atomic mass is 9.79. The summed E-state index contributed by atoms with van der Waals surface area (Å²) in [7, 11) is -2.65. The van der Waals surface area contributed by atoms with Gasteiger partial charge in [-0.1, -0.05) is 0 Å². The van der Waals surface area contributed by atoms with Gasteiger partial charge in [-0.3, -0.25) is 0 Å². The van der Waals surface area contributed by atoms with Gasteiger partial charge in [-0.05, 0) is 31.1 Å². The van der Waals surface area contributed by atoms with Crippen LogP contribution in [0.15, 0.2) is 0 Å². The smallest absolute Gasteiger partial charge is 0.421 e. The Bertz CT molecular complexity index is 425. The van der Waals surface area contributed by atoms with Crippen molar-refractivity contribution in [3.8, 4) is 0 Å². The van der Waals surface area contributed by atoms with Crippen molar-refractivity contribution in [1.82, 2.24) is 9.03 Å². The van der Waals surface area contributed by atoms with E-state index in [2.05, 4.69) is 4.74 Å². The molecule has 0 bridgehead atoms. The van der Waals surface area contributed by atoms with Gasteiger partial charge in [0.2, 0.25) is 0 Å². The quantitative estimate of drug-likeness (QED) is 0.718. The highest BCUT2D eigenvalue weighted by molar-refractivity contribution is 7.87. The fraction of sp³-hybridized carbons (Fsp3) is 0.900. The first kappa shape index (κ1) is 13.6. The molecule has 3 atom stereocenters. The largest absolute Gasteiger partial charge is 0.452 e. The van der Waals surface area contributed by atoms with Crippen LogP contribution in [0.4, 0.5) is 4.79 Å². The standard InChI is InChI=1S/C10H19N3O4S/c1-17-10(14)12-18(15,16)13-5-7-2-3-9(11)4-8(7)6-13/h7-9H,2-6,11H2,1H3,(H,12,14)/t7-,8+,9?/m1/s1. The van der Waals surface area contributed by atoms with Gasteiger partial charge >= 0.3 is 16.3 Å². The molecule has 0 aromatic rings. The van der Waals surface area contributed by atoms with Gasteiger partial charge in [0, 0.05) is 19.1 Å². The summed E-state index contributed by atoms with van der Waals surface area (Å²) >= 11 is 0. The number of methoxy groups -OCH3 is 1. The molecule has 7 nitrogen and oxygen atoms in total. The van der Waals surface area contributed by atoms with E-state index < -0.39 is 16.3 Å². The van der Waals surface area contributed by atoms with E-state index in [1.165, 1.54) is 4.31 Å². The lowest BCUT2D eigenvalue weighted by Gasteiger charge is -2.28. The van der Waals surface area contributed by atoms with Gasteiger partial charge in [-0.25, -0.2) is 9.52 Å². The second-order valence-corrected chi connectivity index (χ2v) is 6.68. The lowest BCUT2D eigenvalue weighted by molar-refractivity contribution is 0.177. The Hall–Kier alpha value is -0.860. The minimum atomic E-state index is -3.78. The Labute approximate surface area is 107 Å². The zero-order valence-corrected chi connectivity index (χ0v) is 11.1. The highest BCUT2D eigenvalue weighted by Crippen LogP contribution is 2.36. The van der Waals surface area contributed by atoms with Crippen molar-refractivity contribution in [3.63, 3.8) is 0 Å².